The van der Waals surface area contributed by atoms with Crippen LogP contribution in [0.3, 0.4) is 0 Å². The maximum absolute atomic E-state index is 5.74. The molecule has 1 aromatic heterocycles. The summed E-state index contributed by atoms with van der Waals surface area (Å²) >= 11 is 0. The van der Waals surface area contributed by atoms with Gasteiger partial charge in [-0.1, -0.05) is 0 Å². The number of aromatic nitrogens is 2. The summed E-state index contributed by atoms with van der Waals surface area (Å²) in [5.41, 5.74) is 2.88. The average molecular weight is 238 g/mol. The molecule has 0 radical (unpaired) electrons. The van der Waals surface area contributed by atoms with E-state index in [0.717, 1.165) is 31.7 Å². The molecule has 0 bridgehead atoms. The molecular formula is C12H22N4O. The monoisotopic (exact) mass is 238 g/mol. The molecule has 1 aliphatic rings. The van der Waals surface area contributed by atoms with E-state index in [9.17, 15) is 0 Å². The maximum atomic E-state index is 5.74. The second-order valence-electron chi connectivity index (χ2n) is 4.75. The number of hydrogen-bond acceptors (Lipinski definition) is 4. The zero-order chi connectivity index (χ0) is 12.1. The van der Waals surface area contributed by atoms with Crippen LogP contribution in [0.25, 0.3) is 0 Å². The lowest BCUT2D eigenvalue weighted by atomic mass is 10.00. The summed E-state index contributed by atoms with van der Waals surface area (Å²) in [6, 6.07) is 0.235. The van der Waals surface area contributed by atoms with Gasteiger partial charge in [-0.2, -0.15) is 0 Å². The van der Waals surface area contributed by atoms with E-state index >= 15 is 0 Å². The largest absolute Gasteiger partial charge is 0.378 e. The molecule has 3 N–H and O–H groups in total. The molecule has 1 fully saturated rings. The van der Waals surface area contributed by atoms with Crippen molar-refractivity contribution < 1.29 is 4.74 Å². The summed E-state index contributed by atoms with van der Waals surface area (Å²) in [7, 11) is 2.01. The van der Waals surface area contributed by atoms with E-state index in [1.54, 1.807) is 0 Å². The minimum Gasteiger partial charge on any atom is -0.378 e. The van der Waals surface area contributed by atoms with Crippen LogP contribution in [0.2, 0.25) is 0 Å². The smallest absolute Gasteiger partial charge is 0.109 e. The highest BCUT2D eigenvalue weighted by Crippen LogP contribution is 2.18. The van der Waals surface area contributed by atoms with Crippen LogP contribution < -0.4 is 11.3 Å². The van der Waals surface area contributed by atoms with E-state index in [1.165, 1.54) is 12.8 Å². The quantitative estimate of drug-likeness (QED) is 0.587. The molecule has 0 amide bonds. The van der Waals surface area contributed by atoms with Crippen molar-refractivity contribution in [1.29, 1.82) is 0 Å². The molecule has 1 aliphatic heterocycles. The highest BCUT2D eigenvalue weighted by atomic mass is 16.5. The Balaban J connectivity index is 1.85. The summed E-state index contributed by atoms with van der Waals surface area (Å²) in [6.07, 6.45) is 9.55. The highest BCUT2D eigenvalue weighted by molar-refractivity contribution is 4.94. The van der Waals surface area contributed by atoms with Crippen molar-refractivity contribution in [2.45, 2.75) is 44.2 Å². The van der Waals surface area contributed by atoms with Gasteiger partial charge in [0.1, 0.15) is 5.82 Å². The van der Waals surface area contributed by atoms with Gasteiger partial charge < -0.3 is 9.30 Å². The van der Waals surface area contributed by atoms with Gasteiger partial charge in [-0.3, -0.25) is 11.3 Å². The van der Waals surface area contributed by atoms with Gasteiger partial charge in [-0.05, 0) is 25.7 Å². The molecule has 5 heteroatoms. The van der Waals surface area contributed by atoms with Crippen LogP contribution in [0.4, 0.5) is 0 Å². The molecule has 17 heavy (non-hydrogen) atoms. The molecular weight excluding hydrogens is 216 g/mol. The van der Waals surface area contributed by atoms with Gasteiger partial charge >= 0.3 is 0 Å². The van der Waals surface area contributed by atoms with E-state index < -0.39 is 0 Å². The number of aryl methyl sites for hydroxylation is 1. The molecule has 2 unspecified atom stereocenters. The zero-order valence-corrected chi connectivity index (χ0v) is 10.4. The van der Waals surface area contributed by atoms with Crippen LogP contribution >= 0.6 is 0 Å². The molecule has 0 saturated carbocycles. The fourth-order valence-electron chi connectivity index (χ4n) is 2.33. The summed E-state index contributed by atoms with van der Waals surface area (Å²) < 4.78 is 7.77. The Morgan fingerprint density at radius 2 is 2.53 bits per heavy atom. The standard InChI is InChI=1S/C12H22N4O/c1-16-6-5-14-12(16)9-10(15-13)8-11-4-2-3-7-17-11/h5-6,10-11,15H,2-4,7-9,13H2,1H3. The van der Waals surface area contributed by atoms with Crippen LogP contribution in [0.5, 0.6) is 0 Å². The molecule has 5 nitrogen and oxygen atoms in total. The third kappa shape index (κ3) is 3.52. The summed E-state index contributed by atoms with van der Waals surface area (Å²) in [5.74, 6) is 6.67. The topological polar surface area (TPSA) is 65.1 Å². The van der Waals surface area contributed by atoms with Gasteiger partial charge in [0.05, 0.1) is 6.10 Å². The van der Waals surface area contributed by atoms with Crippen LogP contribution in [-0.2, 0) is 18.2 Å². The molecule has 2 rings (SSSR count). The third-order valence-corrected chi connectivity index (χ3v) is 3.41. The van der Waals surface area contributed by atoms with Gasteiger partial charge in [-0.15, -0.1) is 0 Å². The molecule has 0 spiro atoms. The third-order valence-electron chi connectivity index (χ3n) is 3.41. The maximum Gasteiger partial charge on any atom is 0.109 e. The SMILES string of the molecule is Cn1ccnc1CC(CC1CCCCO1)NN. The first-order valence-corrected chi connectivity index (χ1v) is 6.33. The number of nitrogens with two attached hydrogens (primary N) is 1. The molecule has 96 valence electrons. The van der Waals surface area contributed by atoms with Gasteiger partial charge in [-0.25, -0.2) is 4.98 Å². The van der Waals surface area contributed by atoms with E-state index in [1.807, 2.05) is 24.0 Å². The number of nitrogens with zero attached hydrogens (tertiary/aromatic N) is 2. The zero-order valence-electron chi connectivity index (χ0n) is 10.4. The molecule has 1 aromatic rings. The Labute approximate surface area is 102 Å². The average Bonchev–Trinajstić information content (AvgIpc) is 2.75. The number of hydrogen-bond donors (Lipinski definition) is 2. The van der Waals surface area contributed by atoms with Crippen LogP contribution in [0, 0.1) is 0 Å². The lowest BCUT2D eigenvalue weighted by Crippen LogP contribution is -2.41. The molecule has 2 atom stereocenters. The van der Waals surface area contributed by atoms with Crippen molar-refractivity contribution >= 4 is 0 Å². The Morgan fingerprint density at radius 3 is 3.12 bits per heavy atom. The van der Waals surface area contributed by atoms with E-state index in [0.29, 0.717) is 6.10 Å². The van der Waals surface area contributed by atoms with Gasteiger partial charge in [0.25, 0.3) is 0 Å². The van der Waals surface area contributed by atoms with Crippen molar-refractivity contribution in [3.8, 4) is 0 Å². The Bertz CT molecular complexity index is 333. The minimum atomic E-state index is 0.235. The van der Waals surface area contributed by atoms with Crippen molar-refractivity contribution in [1.82, 2.24) is 15.0 Å². The summed E-state index contributed by atoms with van der Waals surface area (Å²) in [6.45, 7) is 0.893. The van der Waals surface area contributed by atoms with Crippen molar-refractivity contribution in [2.24, 2.45) is 12.9 Å². The first kappa shape index (κ1) is 12.5. The van der Waals surface area contributed by atoms with Gasteiger partial charge in [0, 0.05) is 38.5 Å². The second-order valence-corrected chi connectivity index (χ2v) is 4.75. The van der Waals surface area contributed by atoms with Crippen LogP contribution in [0.1, 0.15) is 31.5 Å². The van der Waals surface area contributed by atoms with Gasteiger partial charge in [0.15, 0.2) is 0 Å². The van der Waals surface area contributed by atoms with Crippen molar-refractivity contribution in [3.63, 3.8) is 0 Å². The van der Waals surface area contributed by atoms with Crippen LogP contribution in [0.15, 0.2) is 12.4 Å². The van der Waals surface area contributed by atoms with E-state index in [2.05, 4.69) is 10.4 Å². The summed E-state index contributed by atoms with van der Waals surface area (Å²) in [5, 5.41) is 0. The number of nitrogens with one attached hydrogen (secondary N) is 1. The lowest BCUT2D eigenvalue weighted by molar-refractivity contribution is 0.00510. The molecule has 0 aliphatic carbocycles. The number of hydrazine groups is 1. The number of rotatable bonds is 5. The first-order chi connectivity index (χ1) is 8.29. The van der Waals surface area contributed by atoms with E-state index in [-0.39, 0.29) is 6.04 Å². The Kier molecular flexibility index (Phi) is 4.53. The molecule has 1 saturated heterocycles. The first-order valence-electron chi connectivity index (χ1n) is 6.33. The fraction of sp³-hybridized carbons (Fsp3) is 0.750. The second kappa shape index (κ2) is 6.14. The molecule has 0 aromatic carbocycles. The van der Waals surface area contributed by atoms with Crippen LogP contribution in [-0.4, -0.2) is 28.3 Å². The van der Waals surface area contributed by atoms with E-state index in [4.69, 9.17) is 10.6 Å². The van der Waals surface area contributed by atoms with Gasteiger partial charge in [0.2, 0.25) is 0 Å². The Morgan fingerprint density at radius 1 is 1.65 bits per heavy atom. The normalized spacial score (nSPS) is 22.6. The van der Waals surface area contributed by atoms with Crippen molar-refractivity contribution in [3.05, 3.63) is 18.2 Å². The lowest BCUT2D eigenvalue weighted by Gasteiger charge is -2.26. The predicted molar refractivity (Wildman–Crippen MR) is 66.2 cm³/mol. The fourth-order valence-corrected chi connectivity index (χ4v) is 2.33. The van der Waals surface area contributed by atoms with Crippen molar-refractivity contribution in [2.75, 3.05) is 6.61 Å². The number of imidazole rings is 1. The predicted octanol–water partition coefficient (Wildman–Crippen LogP) is 0.754. The number of ether oxygens (including phenoxy) is 1. The highest BCUT2D eigenvalue weighted by Gasteiger charge is 2.20. The minimum absolute atomic E-state index is 0.235. The molecule has 2 heterocycles. The Hall–Kier alpha value is -0.910. The summed E-state index contributed by atoms with van der Waals surface area (Å²) in [4.78, 5) is 4.32.